The molecule has 0 atom stereocenters. The van der Waals surface area contributed by atoms with Crippen LogP contribution in [0.15, 0.2) is 22.7 Å². The van der Waals surface area contributed by atoms with Crippen LogP contribution in [-0.4, -0.2) is 12.3 Å². The second kappa shape index (κ2) is 3.69. The first-order chi connectivity index (χ1) is 5.66. The van der Waals surface area contributed by atoms with Gasteiger partial charge < -0.3 is 11.5 Å². The molecule has 3 nitrogen and oxygen atoms in total. The molecule has 1 aromatic rings. The van der Waals surface area contributed by atoms with Crippen molar-refractivity contribution in [3.63, 3.8) is 0 Å². The molecule has 0 saturated carbocycles. The Hall–Kier alpha value is -0.870. The van der Waals surface area contributed by atoms with Gasteiger partial charge in [-0.3, -0.25) is 4.79 Å². The van der Waals surface area contributed by atoms with Crippen molar-refractivity contribution < 1.29 is 4.79 Å². The Balaban J connectivity index is 3.16. The van der Waals surface area contributed by atoms with Crippen molar-refractivity contribution in [1.29, 1.82) is 0 Å². The van der Waals surface area contributed by atoms with E-state index in [1.807, 2.05) is 0 Å². The summed E-state index contributed by atoms with van der Waals surface area (Å²) in [5, 5.41) is 0. The second-order valence-corrected chi connectivity index (χ2v) is 3.18. The zero-order valence-electron chi connectivity index (χ0n) is 6.38. The van der Waals surface area contributed by atoms with Gasteiger partial charge in [0.15, 0.2) is 5.78 Å². The van der Waals surface area contributed by atoms with E-state index in [4.69, 9.17) is 11.5 Å². The summed E-state index contributed by atoms with van der Waals surface area (Å²) in [4.78, 5) is 11.2. The third-order valence-corrected chi connectivity index (χ3v) is 2.23. The zero-order valence-corrected chi connectivity index (χ0v) is 7.97. The van der Waals surface area contributed by atoms with Gasteiger partial charge in [-0.1, -0.05) is 6.07 Å². The van der Waals surface area contributed by atoms with Crippen molar-refractivity contribution in [3.05, 3.63) is 28.2 Å². The summed E-state index contributed by atoms with van der Waals surface area (Å²) in [5.74, 6) is -0.145. The van der Waals surface area contributed by atoms with Crippen molar-refractivity contribution in [1.82, 2.24) is 0 Å². The molecule has 4 N–H and O–H groups in total. The number of hydrogen-bond donors (Lipinski definition) is 2. The van der Waals surface area contributed by atoms with Crippen LogP contribution in [0.2, 0.25) is 0 Å². The number of nitrogen functional groups attached to an aromatic ring is 1. The van der Waals surface area contributed by atoms with E-state index in [9.17, 15) is 4.79 Å². The summed E-state index contributed by atoms with van der Waals surface area (Å²) in [5.41, 5.74) is 11.8. The van der Waals surface area contributed by atoms with E-state index in [1.165, 1.54) is 0 Å². The molecule has 0 radical (unpaired) electrons. The molecular weight excluding hydrogens is 220 g/mol. The van der Waals surface area contributed by atoms with Crippen LogP contribution in [0.5, 0.6) is 0 Å². The molecule has 0 saturated heterocycles. The van der Waals surface area contributed by atoms with Crippen LogP contribution in [0.25, 0.3) is 0 Å². The first-order valence-corrected chi connectivity index (χ1v) is 4.23. The van der Waals surface area contributed by atoms with E-state index in [0.717, 1.165) is 4.47 Å². The Kier molecular flexibility index (Phi) is 2.83. The Morgan fingerprint density at radius 1 is 1.50 bits per heavy atom. The van der Waals surface area contributed by atoms with Crippen LogP contribution in [0.4, 0.5) is 5.69 Å². The maximum absolute atomic E-state index is 11.2. The maximum Gasteiger partial charge on any atom is 0.178 e. The van der Waals surface area contributed by atoms with E-state index in [1.54, 1.807) is 18.2 Å². The van der Waals surface area contributed by atoms with Gasteiger partial charge in [0, 0.05) is 10.0 Å². The number of ketones is 1. The van der Waals surface area contributed by atoms with Gasteiger partial charge in [0.25, 0.3) is 0 Å². The van der Waals surface area contributed by atoms with Gasteiger partial charge in [0.2, 0.25) is 0 Å². The minimum absolute atomic E-state index is 0.0132. The average Bonchev–Trinajstić information content (AvgIpc) is 2.08. The highest BCUT2D eigenvalue weighted by molar-refractivity contribution is 9.10. The SMILES string of the molecule is NCC(=O)c1cccc(Br)c1N. The van der Waals surface area contributed by atoms with E-state index in [0.29, 0.717) is 11.3 Å². The van der Waals surface area contributed by atoms with E-state index in [2.05, 4.69) is 15.9 Å². The smallest absolute Gasteiger partial charge is 0.178 e. The van der Waals surface area contributed by atoms with Crippen molar-refractivity contribution >= 4 is 27.4 Å². The quantitative estimate of drug-likeness (QED) is 0.590. The molecule has 0 unspecified atom stereocenters. The average molecular weight is 229 g/mol. The molecule has 0 spiro atoms. The molecule has 4 heteroatoms. The summed E-state index contributed by atoms with van der Waals surface area (Å²) in [6, 6.07) is 5.20. The fourth-order valence-electron chi connectivity index (χ4n) is 0.890. The molecule has 0 aliphatic heterocycles. The van der Waals surface area contributed by atoms with Crippen molar-refractivity contribution in [2.24, 2.45) is 5.73 Å². The normalized spacial score (nSPS) is 9.83. The van der Waals surface area contributed by atoms with Crippen molar-refractivity contribution in [3.8, 4) is 0 Å². The topological polar surface area (TPSA) is 69.1 Å². The van der Waals surface area contributed by atoms with Gasteiger partial charge in [0.05, 0.1) is 12.2 Å². The number of anilines is 1. The lowest BCUT2D eigenvalue weighted by Gasteiger charge is -2.03. The molecule has 0 heterocycles. The van der Waals surface area contributed by atoms with E-state index in [-0.39, 0.29) is 12.3 Å². The minimum Gasteiger partial charge on any atom is -0.397 e. The molecule has 0 bridgehead atoms. The van der Waals surface area contributed by atoms with Gasteiger partial charge >= 0.3 is 0 Å². The van der Waals surface area contributed by atoms with E-state index < -0.39 is 0 Å². The molecule has 0 aromatic heterocycles. The Bertz CT molecular complexity index is 312. The Morgan fingerprint density at radius 3 is 2.75 bits per heavy atom. The molecule has 12 heavy (non-hydrogen) atoms. The van der Waals surface area contributed by atoms with Gasteiger partial charge in [-0.15, -0.1) is 0 Å². The molecule has 1 aromatic carbocycles. The summed E-state index contributed by atoms with van der Waals surface area (Å²) in [6.45, 7) is -0.0132. The summed E-state index contributed by atoms with van der Waals surface area (Å²) >= 11 is 3.23. The first kappa shape index (κ1) is 9.22. The number of carbonyl (C=O) groups excluding carboxylic acids is 1. The maximum atomic E-state index is 11.2. The molecule has 0 fully saturated rings. The lowest BCUT2D eigenvalue weighted by atomic mass is 10.1. The van der Waals surface area contributed by atoms with Crippen molar-refractivity contribution in [2.75, 3.05) is 12.3 Å². The number of Topliss-reactive ketones (excluding diaryl/α,β-unsaturated/α-hetero) is 1. The number of para-hydroxylation sites is 1. The predicted molar refractivity (Wildman–Crippen MR) is 51.9 cm³/mol. The summed E-state index contributed by atoms with van der Waals surface area (Å²) in [6.07, 6.45) is 0. The first-order valence-electron chi connectivity index (χ1n) is 3.44. The third-order valence-electron chi connectivity index (χ3n) is 1.54. The summed E-state index contributed by atoms with van der Waals surface area (Å²) in [7, 11) is 0. The van der Waals surface area contributed by atoms with Gasteiger partial charge in [-0.05, 0) is 28.1 Å². The standard InChI is InChI=1S/C8H9BrN2O/c9-6-3-1-2-5(8(6)11)7(12)4-10/h1-3H,4,10-11H2. The van der Waals surface area contributed by atoms with Crippen LogP contribution >= 0.6 is 15.9 Å². The molecule has 0 amide bonds. The van der Waals surface area contributed by atoms with Crippen LogP contribution < -0.4 is 11.5 Å². The molecule has 0 aliphatic rings. The zero-order chi connectivity index (χ0) is 9.14. The van der Waals surface area contributed by atoms with Gasteiger partial charge in [-0.2, -0.15) is 0 Å². The van der Waals surface area contributed by atoms with E-state index >= 15 is 0 Å². The highest BCUT2D eigenvalue weighted by atomic mass is 79.9. The predicted octanol–water partition coefficient (Wildman–Crippen LogP) is 1.17. The van der Waals surface area contributed by atoms with Gasteiger partial charge in [-0.25, -0.2) is 0 Å². The molecule has 64 valence electrons. The second-order valence-electron chi connectivity index (χ2n) is 2.33. The number of nitrogens with two attached hydrogens (primary N) is 2. The minimum atomic E-state index is -0.145. The Labute approximate surface area is 78.9 Å². The van der Waals surface area contributed by atoms with Crippen LogP contribution in [0.3, 0.4) is 0 Å². The number of halogens is 1. The van der Waals surface area contributed by atoms with Crippen LogP contribution in [-0.2, 0) is 0 Å². The molecule has 0 aliphatic carbocycles. The van der Waals surface area contributed by atoms with Gasteiger partial charge in [0.1, 0.15) is 0 Å². The monoisotopic (exact) mass is 228 g/mol. The van der Waals surface area contributed by atoms with Crippen LogP contribution in [0, 0.1) is 0 Å². The molecular formula is C8H9BrN2O. The summed E-state index contributed by atoms with van der Waals surface area (Å²) < 4.78 is 0.724. The molecule has 1 rings (SSSR count). The fourth-order valence-corrected chi connectivity index (χ4v) is 1.26. The number of hydrogen-bond acceptors (Lipinski definition) is 3. The largest absolute Gasteiger partial charge is 0.397 e. The number of rotatable bonds is 2. The number of benzene rings is 1. The third kappa shape index (κ3) is 1.65. The van der Waals surface area contributed by atoms with Crippen LogP contribution in [0.1, 0.15) is 10.4 Å². The lowest BCUT2D eigenvalue weighted by Crippen LogP contribution is -2.15. The fraction of sp³-hybridized carbons (Fsp3) is 0.125. The number of carbonyl (C=O) groups is 1. The lowest BCUT2D eigenvalue weighted by molar-refractivity contribution is 0.100. The highest BCUT2D eigenvalue weighted by Gasteiger charge is 2.08. The van der Waals surface area contributed by atoms with Crippen molar-refractivity contribution in [2.45, 2.75) is 0 Å². The Morgan fingerprint density at radius 2 is 2.17 bits per heavy atom. The highest BCUT2D eigenvalue weighted by Crippen LogP contribution is 2.22.